The van der Waals surface area contributed by atoms with E-state index in [0.717, 1.165) is 22.3 Å². The van der Waals surface area contributed by atoms with Gasteiger partial charge in [-0.3, -0.25) is 9.59 Å². The third-order valence-electron chi connectivity index (χ3n) is 14.5. The molecule has 0 saturated carbocycles. The lowest BCUT2D eigenvalue weighted by atomic mass is 9.90. The number of ether oxygens (including phenoxy) is 9. The van der Waals surface area contributed by atoms with Crippen LogP contribution in [0.5, 0.6) is 0 Å². The quantitative estimate of drug-likeness (QED) is 0.0265. The predicted molar refractivity (Wildman–Crippen MR) is 347 cm³/mol. The van der Waals surface area contributed by atoms with Crippen LogP contribution in [0.2, 0.25) is 78.6 Å². The van der Waals surface area contributed by atoms with Gasteiger partial charge < -0.3 is 65.4 Å². The van der Waals surface area contributed by atoms with Crippen molar-refractivity contribution in [1.29, 1.82) is 0 Å². The predicted octanol–water partition coefficient (Wildman–Crippen LogP) is 13.5. The second kappa shape index (κ2) is 32.6. The van der Waals surface area contributed by atoms with E-state index in [-0.39, 0.29) is 70.5 Å². The van der Waals surface area contributed by atoms with Crippen molar-refractivity contribution < 1.29 is 75.0 Å². The fraction of sp³-hybridized carbons (Fsp3) is 0.594. The van der Waals surface area contributed by atoms with Crippen LogP contribution in [-0.2, 0) is 89.7 Å². The maximum atomic E-state index is 15.3. The molecule has 7 rings (SSSR count). The summed E-state index contributed by atoms with van der Waals surface area (Å²) in [5.41, 5.74) is 3.52. The van der Waals surface area contributed by atoms with Gasteiger partial charge in [-0.15, -0.1) is 34.8 Å². The normalized spacial score (nSPS) is 26.9. The van der Waals surface area contributed by atoms with E-state index in [0.29, 0.717) is 0 Å². The number of carbonyl (C=O) groups excluding carboxylic acids is 1. The summed E-state index contributed by atoms with van der Waals surface area (Å²) in [5, 5.41) is 9.07. The van der Waals surface area contributed by atoms with Gasteiger partial charge in [0.25, 0.3) is 0 Å². The molecule has 4 aromatic carbocycles. The molecular weight excluding hydrogens is 1240 g/mol. The number of esters is 1. The smallest absolute Gasteiger partial charge is 0.309 e. The van der Waals surface area contributed by atoms with Crippen molar-refractivity contribution in [2.45, 2.75) is 209 Å². The molecule has 87 heavy (non-hydrogen) atoms. The minimum Gasteiger partial charge on any atom is -0.481 e. The van der Waals surface area contributed by atoms with Crippen molar-refractivity contribution in [2.24, 2.45) is 5.92 Å². The molecule has 1 N–H and O–H groups in total. The number of aliphatic carboxylic acids is 1. The van der Waals surface area contributed by atoms with Gasteiger partial charge in [0.15, 0.2) is 45.8 Å². The van der Waals surface area contributed by atoms with Crippen LogP contribution in [0.25, 0.3) is 0 Å². The lowest BCUT2D eigenvalue weighted by Gasteiger charge is -2.50. The fourth-order valence-electron chi connectivity index (χ4n) is 10.8. The molecule has 482 valence electrons. The molecule has 23 heteroatoms. The minimum atomic E-state index is -2.47. The van der Waals surface area contributed by atoms with E-state index in [1.54, 1.807) is 0 Å². The topological polar surface area (TPSA) is 174 Å². The van der Waals surface area contributed by atoms with Gasteiger partial charge >= 0.3 is 11.9 Å². The van der Waals surface area contributed by atoms with Gasteiger partial charge in [-0.05, 0) is 115 Å². The molecule has 3 heterocycles. The van der Waals surface area contributed by atoms with Crippen LogP contribution in [0.1, 0.15) is 54.2 Å². The Balaban J connectivity index is 1.26. The van der Waals surface area contributed by atoms with E-state index in [4.69, 9.17) is 95.1 Å². The number of benzene rings is 4. The monoisotopic (exact) mass is 1330 g/mol. The molecule has 0 radical (unpaired) electrons. The van der Waals surface area contributed by atoms with Crippen molar-refractivity contribution >= 4 is 80.0 Å². The van der Waals surface area contributed by atoms with Crippen LogP contribution in [-0.4, -0.2) is 154 Å². The van der Waals surface area contributed by atoms with E-state index in [1.807, 2.05) is 121 Å². The van der Waals surface area contributed by atoms with E-state index < -0.39 is 136 Å². The first-order chi connectivity index (χ1) is 41.1. The van der Waals surface area contributed by atoms with E-state index >= 15 is 4.79 Å². The Morgan fingerprint density at radius 2 is 1.14 bits per heavy atom. The first-order valence-electron chi connectivity index (χ1n) is 30.3. The standard InChI is InChI=1S/C64H93Cl3O16Si4/c1-84(2,3)80-57-50(37-65)78-64(43-66,60(57)83-87(10,11)12)79-63-59(82-86(7,8)9)58(81-85(4,5)6)54(67)51(76-63)41-74-61(70)48(34-25-35-53(68)69)36-49(71-38-44-26-17-13-18-27-44)55(72-39-45-28-19-14-20-29-45)56(73-40-46-30-21-15-22-31-46)52-42-75-62(77-52)47-32-23-16-24-33-47/h13-24,26-33,48-52,54-60,62-63H,25,34-43H2,1-12H3,(H,68,69)/t48?,49-,50+,51-,52?,54+,55-,56-,57?,58+,59-,60?,62?,63-,64+/m1/s1. The summed E-state index contributed by atoms with van der Waals surface area (Å²) in [4.78, 5) is 27.6. The molecule has 0 spiro atoms. The van der Waals surface area contributed by atoms with Crippen LogP contribution in [0.4, 0.5) is 0 Å². The highest BCUT2D eigenvalue weighted by molar-refractivity contribution is 6.71. The largest absolute Gasteiger partial charge is 0.481 e. The van der Waals surface area contributed by atoms with E-state index in [1.165, 1.54) is 0 Å². The van der Waals surface area contributed by atoms with Gasteiger partial charge in [-0.25, -0.2) is 0 Å². The number of hydrogen-bond acceptors (Lipinski definition) is 15. The van der Waals surface area contributed by atoms with Gasteiger partial charge in [0.2, 0.25) is 5.79 Å². The Morgan fingerprint density at radius 1 is 0.632 bits per heavy atom. The molecule has 5 unspecified atom stereocenters. The third-order valence-corrected chi connectivity index (χ3v) is 19.6. The lowest BCUT2D eigenvalue weighted by Crippen LogP contribution is -2.65. The second-order valence-corrected chi connectivity index (χ2v) is 45.5. The summed E-state index contributed by atoms with van der Waals surface area (Å²) in [5.74, 6) is -4.39. The minimum absolute atomic E-state index is 0.0110. The molecule has 4 aromatic rings. The lowest BCUT2D eigenvalue weighted by molar-refractivity contribution is -0.353. The fourth-order valence-corrected chi connectivity index (χ4v) is 16.1. The molecule has 15 atom stereocenters. The average Bonchev–Trinajstić information content (AvgIpc) is 1.77. The van der Waals surface area contributed by atoms with Crippen molar-refractivity contribution in [3.8, 4) is 0 Å². The summed E-state index contributed by atoms with van der Waals surface area (Å²) in [6.45, 7) is 25.1. The molecule has 3 saturated heterocycles. The molecular formula is C64H93Cl3O16Si4. The average molecular weight is 1340 g/mol. The van der Waals surface area contributed by atoms with Crippen LogP contribution in [0, 0.1) is 5.92 Å². The Bertz CT molecular complexity index is 2690. The number of hydrogen-bond donors (Lipinski definition) is 1. The van der Waals surface area contributed by atoms with Crippen LogP contribution >= 0.6 is 34.8 Å². The molecule has 3 fully saturated rings. The summed E-state index contributed by atoms with van der Waals surface area (Å²) < 4.78 is 89.5. The Hall–Kier alpha value is -2.92. The van der Waals surface area contributed by atoms with Gasteiger partial charge in [0.05, 0.1) is 61.7 Å². The highest BCUT2D eigenvalue weighted by Crippen LogP contribution is 2.45. The molecule has 16 nitrogen and oxygen atoms in total. The molecule has 0 amide bonds. The maximum Gasteiger partial charge on any atom is 0.309 e. The Kier molecular flexibility index (Phi) is 26.8. The molecule has 0 aromatic heterocycles. The maximum absolute atomic E-state index is 15.3. The van der Waals surface area contributed by atoms with Crippen LogP contribution in [0.15, 0.2) is 121 Å². The first-order valence-corrected chi connectivity index (χ1v) is 45.4. The number of carboxylic acid groups (broad SMARTS) is 1. The van der Waals surface area contributed by atoms with Crippen LogP contribution < -0.4 is 0 Å². The summed E-state index contributed by atoms with van der Waals surface area (Å²) >= 11 is 21.4. The number of alkyl halides is 3. The zero-order valence-corrected chi connectivity index (χ0v) is 58.9. The zero-order valence-electron chi connectivity index (χ0n) is 52.6. The van der Waals surface area contributed by atoms with Gasteiger partial charge in [-0.2, -0.15) is 0 Å². The van der Waals surface area contributed by atoms with Crippen LogP contribution in [0.3, 0.4) is 0 Å². The number of rotatable bonds is 34. The van der Waals surface area contributed by atoms with Gasteiger partial charge in [0.1, 0.15) is 55.4 Å². The van der Waals surface area contributed by atoms with Gasteiger partial charge in [0, 0.05) is 12.0 Å². The van der Waals surface area contributed by atoms with E-state index in [9.17, 15) is 9.90 Å². The second-order valence-electron chi connectivity index (χ2n) is 26.6. The zero-order chi connectivity index (χ0) is 63.2. The van der Waals surface area contributed by atoms with Crippen molar-refractivity contribution in [3.63, 3.8) is 0 Å². The Morgan fingerprint density at radius 3 is 1.66 bits per heavy atom. The number of carboxylic acids is 1. The SMILES string of the molecule is C[Si](C)(C)OC1C(O[Si](C)(C)C)[C@](CCl)(O[C@H]2O[C@H](COC(=O)C(CCCC(=O)O)C[C@@H](OCc3ccccc3)[C@@H](OCc3ccccc3)[C@H](OCc3ccccc3)C3COC(c4ccccc4)O3)[C@H](Cl)[C@H](O[Si](C)(C)C)[C@H]2O[Si](C)(C)C)O[C@H]1CCl. The molecule has 3 aliphatic rings. The molecule has 3 aliphatic heterocycles. The summed E-state index contributed by atoms with van der Waals surface area (Å²) in [6, 6.07) is 39.0. The first kappa shape index (κ1) is 71.5. The molecule has 0 bridgehead atoms. The highest BCUT2D eigenvalue weighted by atomic mass is 35.5. The summed E-state index contributed by atoms with van der Waals surface area (Å²) in [6.07, 6.45) is -10.1. The Labute approximate surface area is 535 Å². The highest BCUT2D eigenvalue weighted by Gasteiger charge is 2.62. The van der Waals surface area contributed by atoms with Gasteiger partial charge in [-0.1, -0.05) is 121 Å². The molecule has 0 aliphatic carbocycles. The number of halogens is 3. The van der Waals surface area contributed by atoms with Crippen molar-refractivity contribution in [3.05, 3.63) is 144 Å². The van der Waals surface area contributed by atoms with Crippen molar-refractivity contribution in [1.82, 2.24) is 0 Å². The summed E-state index contributed by atoms with van der Waals surface area (Å²) in [7, 11) is -9.59. The van der Waals surface area contributed by atoms with E-state index in [2.05, 4.69) is 78.6 Å². The third kappa shape index (κ3) is 22.1. The van der Waals surface area contributed by atoms with Crippen molar-refractivity contribution in [2.75, 3.05) is 25.0 Å². The number of carbonyl (C=O) groups is 2.